The fourth-order valence-corrected chi connectivity index (χ4v) is 3.22. The Kier molecular flexibility index (Phi) is 11.9. The lowest BCUT2D eigenvalue weighted by Gasteiger charge is -2.31. The minimum atomic E-state index is -1.01. The summed E-state index contributed by atoms with van der Waals surface area (Å²) < 4.78 is 20.7. The molecule has 1 aliphatic carbocycles. The first-order valence-corrected chi connectivity index (χ1v) is 10.5. The Morgan fingerprint density at radius 1 is 0.844 bits per heavy atom. The predicted molar refractivity (Wildman–Crippen MR) is 116 cm³/mol. The summed E-state index contributed by atoms with van der Waals surface area (Å²) in [6.07, 6.45) is 4.35. The maximum absolute atomic E-state index is 12.7. The molecule has 1 fully saturated rings. The summed E-state index contributed by atoms with van der Waals surface area (Å²) >= 11 is 0. The van der Waals surface area contributed by atoms with Crippen LogP contribution in [0.2, 0.25) is 0 Å². The molecule has 0 spiro atoms. The molecule has 0 aliphatic heterocycles. The number of alkyl carbamates (subject to hydrolysis) is 2. The van der Waals surface area contributed by atoms with Crippen molar-refractivity contribution in [2.24, 2.45) is 17.3 Å². The number of nitrogens with one attached hydrogen (secondary N) is 2. The Morgan fingerprint density at radius 2 is 1.28 bits per heavy atom. The van der Waals surface area contributed by atoms with E-state index in [0.717, 1.165) is 12.8 Å². The summed E-state index contributed by atoms with van der Waals surface area (Å²) in [6.45, 7) is 8.57. The van der Waals surface area contributed by atoms with Crippen molar-refractivity contribution in [2.45, 2.75) is 32.6 Å². The van der Waals surface area contributed by atoms with Gasteiger partial charge in [-0.1, -0.05) is 25.0 Å². The van der Waals surface area contributed by atoms with Crippen LogP contribution in [0.5, 0.6) is 0 Å². The van der Waals surface area contributed by atoms with Gasteiger partial charge in [-0.25, -0.2) is 9.59 Å². The third-order valence-corrected chi connectivity index (χ3v) is 5.02. The third kappa shape index (κ3) is 9.40. The number of carbonyl (C=O) groups excluding carboxylic acids is 4. The standard InChI is InChI=1S/C22H34N2O8/c1-5-11-23-20(27)31-14-22(3,15-32-21(28)24-12-6-2)13-30-19(26)17-10-8-7-9-16(17)18(25)29-4/h5-6,16-17H,1-2,7-15H2,3-4H3,(H,23,27)(H,24,28). The van der Waals surface area contributed by atoms with E-state index in [1.807, 2.05) is 0 Å². The molecular formula is C22H34N2O8. The predicted octanol–water partition coefficient (Wildman–Crippen LogP) is 2.34. The van der Waals surface area contributed by atoms with Gasteiger partial charge in [0.15, 0.2) is 0 Å². The number of esters is 2. The van der Waals surface area contributed by atoms with Gasteiger partial charge in [0.2, 0.25) is 0 Å². The van der Waals surface area contributed by atoms with E-state index in [0.29, 0.717) is 12.8 Å². The average molecular weight is 455 g/mol. The van der Waals surface area contributed by atoms with Crippen LogP contribution in [0.1, 0.15) is 32.6 Å². The highest BCUT2D eigenvalue weighted by molar-refractivity contribution is 5.82. The fourth-order valence-electron chi connectivity index (χ4n) is 3.22. The van der Waals surface area contributed by atoms with Crippen LogP contribution in [0.15, 0.2) is 25.3 Å². The molecule has 0 saturated heterocycles. The number of ether oxygens (including phenoxy) is 4. The number of hydrogen-bond acceptors (Lipinski definition) is 8. The van der Waals surface area contributed by atoms with E-state index in [2.05, 4.69) is 23.8 Å². The van der Waals surface area contributed by atoms with Crippen LogP contribution in [0.25, 0.3) is 0 Å². The van der Waals surface area contributed by atoms with Crippen LogP contribution < -0.4 is 10.6 Å². The number of carbonyl (C=O) groups is 4. The molecule has 10 heteroatoms. The van der Waals surface area contributed by atoms with Crippen molar-refractivity contribution >= 4 is 24.1 Å². The zero-order chi connectivity index (χ0) is 24.0. The smallest absolute Gasteiger partial charge is 0.407 e. The van der Waals surface area contributed by atoms with E-state index in [1.165, 1.54) is 19.3 Å². The quantitative estimate of drug-likeness (QED) is 0.261. The maximum Gasteiger partial charge on any atom is 0.407 e. The fraction of sp³-hybridized carbons (Fsp3) is 0.636. The third-order valence-electron chi connectivity index (χ3n) is 5.02. The highest BCUT2D eigenvalue weighted by atomic mass is 16.6. The molecule has 2 unspecified atom stereocenters. The van der Waals surface area contributed by atoms with E-state index >= 15 is 0 Å². The molecule has 2 N–H and O–H groups in total. The molecule has 0 aromatic heterocycles. The van der Waals surface area contributed by atoms with Crippen LogP contribution >= 0.6 is 0 Å². The minimum absolute atomic E-state index is 0.177. The average Bonchev–Trinajstić information content (AvgIpc) is 2.81. The summed E-state index contributed by atoms with van der Waals surface area (Å²) in [5.74, 6) is -2.11. The highest BCUT2D eigenvalue weighted by Crippen LogP contribution is 2.32. The largest absolute Gasteiger partial charge is 0.469 e. The van der Waals surface area contributed by atoms with E-state index in [1.54, 1.807) is 6.92 Å². The lowest BCUT2D eigenvalue weighted by atomic mass is 9.79. The van der Waals surface area contributed by atoms with Crippen LogP contribution in [0, 0.1) is 17.3 Å². The Morgan fingerprint density at radius 3 is 1.72 bits per heavy atom. The Bertz CT molecular complexity index is 651. The number of amides is 2. The second-order valence-corrected chi connectivity index (χ2v) is 7.93. The van der Waals surface area contributed by atoms with Gasteiger partial charge >= 0.3 is 24.1 Å². The monoisotopic (exact) mass is 454 g/mol. The number of rotatable bonds is 12. The Hall–Kier alpha value is -3.04. The Labute approximate surface area is 188 Å². The lowest BCUT2D eigenvalue weighted by Crippen LogP contribution is -2.41. The Balaban J connectivity index is 2.77. The molecule has 2 atom stereocenters. The molecule has 0 bridgehead atoms. The summed E-state index contributed by atoms with van der Waals surface area (Å²) in [7, 11) is 1.29. The van der Waals surface area contributed by atoms with Crippen molar-refractivity contribution in [2.75, 3.05) is 40.0 Å². The topological polar surface area (TPSA) is 129 Å². The number of hydrogen-bond donors (Lipinski definition) is 2. The first-order chi connectivity index (χ1) is 15.3. The molecule has 32 heavy (non-hydrogen) atoms. The first kappa shape index (κ1) is 27.0. The molecule has 10 nitrogen and oxygen atoms in total. The molecule has 1 saturated carbocycles. The van der Waals surface area contributed by atoms with Gasteiger partial charge in [-0.3, -0.25) is 9.59 Å². The van der Waals surface area contributed by atoms with Gasteiger partial charge < -0.3 is 29.6 Å². The molecule has 0 heterocycles. The second-order valence-electron chi connectivity index (χ2n) is 7.93. The SMILES string of the molecule is C=CCNC(=O)OCC(C)(COC(=O)NCC=C)COC(=O)C1CCCCC1C(=O)OC. The van der Waals surface area contributed by atoms with Crippen LogP contribution in [0.3, 0.4) is 0 Å². The van der Waals surface area contributed by atoms with Crippen LogP contribution in [0.4, 0.5) is 9.59 Å². The molecule has 2 amide bonds. The van der Waals surface area contributed by atoms with E-state index in [4.69, 9.17) is 18.9 Å². The molecule has 180 valence electrons. The van der Waals surface area contributed by atoms with Gasteiger partial charge in [-0.15, -0.1) is 13.2 Å². The van der Waals surface area contributed by atoms with Crippen molar-refractivity contribution < 1.29 is 38.1 Å². The van der Waals surface area contributed by atoms with Gasteiger partial charge in [0.25, 0.3) is 0 Å². The summed E-state index contributed by atoms with van der Waals surface area (Å²) in [4.78, 5) is 48.4. The molecule has 1 rings (SSSR count). The minimum Gasteiger partial charge on any atom is -0.469 e. The molecule has 0 aromatic carbocycles. The summed E-state index contributed by atoms with van der Waals surface area (Å²) in [6, 6.07) is 0. The normalized spacial score (nSPS) is 17.9. The van der Waals surface area contributed by atoms with E-state index in [-0.39, 0.29) is 32.9 Å². The van der Waals surface area contributed by atoms with Gasteiger partial charge in [-0.2, -0.15) is 0 Å². The van der Waals surface area contributed by atoms with Crippen molar-refractivity contribution in [3.05, 3.63) is 25.3 Å². The molecule has 1 aliphatic rings. The molecule has 0 aromatic rings. The summed E-state index contributed by atoms with van der Waals surface area (Å²) in [5, 5.41) is 4.94. The van der Waals surface area contributed by atoms with E-state index in [9.17, 15) is 19.2 Å². The lowest BCUT2D eigenvalue weighted by molar-refractivity contribution is -0.164. The van der Waals surface area contributed by atoms with E-state index < -0.39 is 41.4 Å². The zero-order valence-electron chi connectivity index (χ0n) is 18.9. The van der Waals surface area contributed by atoms with Crippen LogP contribution in [-0.2, 0) is 28.5 Å². The highest BCUT2D eigenvalue weighted by Gasteiger charge is 2.39. The molecular weight excluding hydrogens is 420 g/mol. The first-order valence-electron chi connectivity index (χ1n) is 10.5. The zero-order valence-corrected chi connectivity index (χ0v) is 18.9. The molecule has 0 radical (unpaired) electrons. The van der Waals surface area contributed by atoms with Crippen molar-refractivity contribution in [1.29, 1.82) is 0 Å². The number of methoxy groups -OCH3 is 1. The van der Waals surface area contributed by atoms with Crippen molar-refractivity contribution in [3.8, 4) is 0 Å². The summed E-state index contributed by atoms with van der Waals surface area (Å²) in [5.41, 5.74) is -1.01. The maximum atomic E-state index is 12.7. The van der Waals surface area contributed by atoms with Crippen molar-refractivity contribution in [1.82, 2.24) is 10.6 Å². The van der Waals surface area contributed by atoms with Crippen LogP contribution in [-0.4, -0.2) is 64.1 Å². The van der Waals surface area contributed by atoms with Gasteiger partial charge in [-0.05, 0) is 19.8 Å². The van der Waals surface area contributed by atoms with Gasteiger partial charge in [0, 0.05) is 13.1 Å². The van der Waals surface area contributed by atoms with Crippen molar-refractivity contribution in [3.63, 3.8) is 0 Å². The van der Waals surface area contributed by atoms with Gasteiger partial charge in [0.1, 0.15) is 19.8 Å². The second kappa shape index (κ2) is 14.1. The van der Waals surface area contributed by atoms with Gasteiger partial charge in [0.05, 0.1) is 24.4 Å².